The number of hydrogen-bond donors (Lipinski definition) is 0. The van der Waals surface area contributed by atoms with Gasteiger partial charge in [-0.1, -0.05) is 61.2 Å². The molecule has 0 bridgehead atoms. The molecule has 1 nitrogen and oxygen atoms in total. The molecule has 0 aliphatic heterocycles. The van der Waals surface area contributed by atoms with Gasteiger partial charge in [0.2, 0.25) is 0 Å². The van der Waals surface area contributed by atoms with Gasteiger partial charge in [-0.3, -0.25) is 0 Å². The SMILES string of the molecule is C=C(CCN(C)C)c1ccc(-c2ccccc2)cc1. The lowest BCUT2D eigenvalue weighted by molar-refractivity contribution is 0.419. The topological polar surface area (TPSA) is 3.24 Å². The quantitative estimate of drug-likeness (QED) is 0.765. The van der Waals surface area contributed by atoms with Crippen LogP contribution in [0.5, 0.6) is 0 Å². The first-order valence-electron chi connectivity index (χ1n) is 6.65. The third-order valence-electron chi connectivity index (χ3n) is 3.26. The van der Waals surface area contributed by atoms with E-state index < -0.39 is 0 Å². The number of benzene rings is 2. The summed E-state index contributed by atoms with van der Waals surface area (Å²) in [5.41, 5.74) is 4.95. The monoisotopic (exact) mass is 251 g/mol. The molecule has 98 valence electrons. The highest BCUT2D eigenvalue weighted by molar-refractivity contribution is 5.69. The Bertz CT molecular complexity index is 523. The molecule has 2 aromatic rings. The zero-order valence-corrected chi connectivity index (χ0v) is 11.8. The van der Waals surface area contributed by atoms with E-state index in [-0.39, 0.29) is 0 Å². The summed E-state index contributed by atoms with van der Waals surface area (Å²) in [5, 5.41) is 0. The van der Waals surface area contributed by atoms with E-state index in [2.05, 4.69) is 74.1 Å². The van der Waals surface area contributed by atoms with Crippen LogP contribution in [0, 0.1) is 0 Å². The summed E-state index contributed by atoms with van der Waals surface area (Å²) in [7, 11) is 4.18. The zero-order valence-electron chi connectivity index (χ0n) is 11.8. The Hall–Kier alpha value is -1.86. The second kappa shape index (κ2) is 6.35. The lowest BCUT2D eigenvalue weighted by Gasteiger charge is -2.11. The lowest BCUT2D eigenvalue weighted by Crippen LogP contribution is -2.13. The van der Waals surface area contributed by atoms with E-state index >= 15 is 0 Å². The third-order valence-corrected chi connectivity index (χ3v) is 3.26. The standard InChI is InChI=1S/C18H21N/c1-15(13-14-19(2)3)16-9-11-18(12-10-16)17-7-5-4-6-8-17/h4-12H,1,13-14H2,2-3H3. The molecule has 0 amide bonds. The number of nitrogens with zero attached hydrogens (tertiary/aromatic N) is 1. The summed E-state index contributed by atoms with van der Waals surface area (Å²) in [6.45, 7) is 5.21. The van der Waals surface area contributed by atoms with Crippen LogP contribution in [0.1, 0.15) is 12.0 Å². The highest BCUT2D eigenvalue weighted by Crippen LogP contribution is 2.22. The van der Waals surface area contributed by atoms with Crippen molar-refractivity contribution in [2.75, 3.05) is 20.6 Å². The van der Waals surface area contributed by atoms with E-state index in [1.807, 2.05) is 6.07 Å². The van der Waals surface area contributed by atoms with Crippen molar-refractivity contribution in [3.63, 3.8) is 0 Å². The fourth-order valence-corrected chi connectivity index (χ4v) is 2.03. The molecule has 1 heteroatoms. The lowest BCUT2D eigenvalue weighted by atomic mass is 9.99. The molecule has 0 atom stereocenters. The molecule has 0 saturated heterocycles. The maximum absolute atomic E-state index is 4.17. The zero-order chi connectivity index (χ0) is 13.7. The normalized spacial score (nSPS) is 10.7. The van der Waals surface area contributed by atoms with Crippen LogP contribution in [-0.4, -0.2) is 25.5 Å². The van der Waals surface area contributed by atoms with Gasteiger partial charge in [-0.2, -0.15) is 0 Å². The van der Waals surface area contributed by atoms with Crippen LogP contribution < -0.4 is 0 Å². The van der Waals surface area contributed by atoms with Crippen LogP contribution in [-0.2, 0) is 0 Å². The molecule has 19 heavy (non-hydrogen) atoms. The molecule has 0 spiro atoms. The molecule has 0 fully saturated rings. The van der Waals surface area contributed by atoms with Crippen molar-refractivity contribution in [1.82, 2.24) is 4.90 Å². The van der Waals surface area contributed by atoms with Gasteiger partial charge in [-0.15, -0.1) is 0 Å². The van der Waals surface area contributed by atoms with E-state index in [1.165, 1.54) is 22.3 Å². The molecule has 2 aromatic carbocycles. The van der Waals surface area contributed by atoms with Gasteiger partial charge in [0.25, 0.3) is 0 Å². The van der Waals surface area contributed by atoms with Crippen molar-refractivity contribution in [1.29, 1.82) is 0 Å². The summed E-state index contributed by atoms with van der Waals surface area (Å²) in [6.07, 6.45) is 1.01. The molecule has 0 aliphatic rings. The molecule has 0 unspecified atom stereocenters. The first-order chi connectivity index (χ1) is 9.16. The van der Waals surface area contributed by atoms with Crippen molar-refractivity contribution in [3.05, 3.63) is 66.7 Å². The van der Waals surface area contributed by atoms with Crippen LogP contribution in [0.4, 0.5) is 0 Å². The smallest absolute Gasteiger partial charge is 0.00157 e. The van der Waals surface area contributed by atoms with E-state index in [4.69, 9.17) is 0 Å². The van der Waals surface area contributed by atoms with Crippen LogP contribution in [0.25, 0.3) is 16.7 Å². The fraction of sp³-hybridized carbons (Fsp3) is 0.222. The van der Waals surface area contributed by atoms with Crippen molar-refractivity contribution in [3.8, 4) is 11.1 Å². The molecule has 0 radical (unpaired) electrons. The molecule has 0 heterocycles. The Morgan fingerprint density at radius 3 is 2.05 bits per heavy atom. The summed E-state index contributed by atoms with van der Waals surface area (Å²) in [5.74, 6) is 0. The fourth-order valence-electron chi connectivity index (χ4n) is 2.03. The Balaban J connectivity index is 2.08. The summed E-state index contributed by atoms with van der Waals surface area (Å²) < 4.78 is 0. The molecule has 0 saturated carbocycles. The van der Waals surface area contributed by atoms with Gasteiger partial charge < -0.3 is 4.90 Å². The average Bonchev–Trinajstić information content (AvgIpc) is 2.46. The van der Waals surface area contributed by atoms with Gasteiger partial charge in [0.05, 0.1) is 0 Å². The first kappa shape index (κ1) is 13.6. The van der Waals surface area contributed by atoms with Gasteiger partial charge in [-0.25, -0.2) is 0 Å². The minimum atomic E-state index is 1.01. The third kappa shape index (κ3) is 3.80. The van der Waals surface area contributed by atoms with Gasteiger partial charge in [0, 0.05) is 6.54 Å². The minimum absolute atomic E-state index is 1.01. The first-order valence-corrected chi connectivity index (χ1v) is 6.65. The van der Waals surface area contributed by atoms with Crippen molar-refractivity contribution in [2.24, 2.45) is 0 Å². The molecule has 0 N–H and O–H groups in total. The average molecular weight is 251 g/mol. The maximum atomic E-state index is 4.17. The highest BCUT2D eigenvalue weighted by atomic mass is 15.0. The number of rotatable bonds is 5. The molecular weight excluding hydrogens is 230 g/mol. The Labute approximate surface area is 116 Å². The largest absolute Gasteiger partial charge is 0.309 e. The second-order valence-corrected chi connectivity index (χ2v) is 5.10. The van der Waals surface area contributed by atoms with Gasteiger partial charge in [0.1, 0.15) is 0 Å². The van der Waals surface area contributed by atoms with Crippen molar-refractivity contribution < 1.29 is 0 Å². The van der Waals surface area contributed by atoms with E-state index in [9.17, 15) is 0 Å². The molecule has 0 aliphatic carbocycles. The predicted octanol–water partition coefficient (Wildman–Crippen LogP) is 4.32. The van der Waals surface area contributed by atoms with Gasteiger partial charge >= 0.3 is 0 Å². The summed E-state index contributed by atoms with van der Waals surface area (Å²) >= 11 is 0. The van der Waals surface area contributed by atoms with Crippen molar-refractivity contribution >= 4 is 5.57 Å². The Morgan fingerprint density at radius 2 is 1.47 bits per heavy atom. The van der Waals surface area contributed by atoms with Gasteiger partial charge in [0.15, 0.2) is 0 Å². The number of hydrogen-bond acceptors (Lipinski definition) is 1. The van der Waals surface area contributed by atoms with Crippen LogP contribution in [0.15, 0.2) is 61.2 Å². The van der Waals surface area contributed by atoms with E-state index in [0.29, 0.717) is 0 Å². The van der Waals surface area contributed by atoms with Crippen molar-refractivity contribution in [2.45, 2.75) is 6.42 Å². The Kier molecular flexibility index (Phi) is 4.53. The van der Waals surface area contributed by atoms with Gasteiger partial charge in [-0.05, 0) is 42.8 Å². The van der Waals surface area contributed by atoms with Crippen LogP contribution in [0.2, 0.25) is 0 Å². The summed E-state index contributed by atoms with van der Waals surface area (Å²) in [6, 6.07) is 19.1. The van der Waals surface area contributed by atoms with E-state index in [1.54, 1.807) is 0 Å². The maximum Gasteiger partial charge on any atom is 0.00157 e. The van der Waals surface area contributed by atoms with E-state index in [0.717, 1.165) is 13.0 Å². The molecular formula is C18H21N. The van der Waals surface area contributed by atoms with Crippen LogP contribution >= 0.6 is 0 Å². The molecule has 2 rings (SSSR count). The predicted molar refractivity (Wildman–Crippen MR) is 84.1 cm³/mol. The summed E-state index contributed by atoms with van der Waals surface area (Å²) in [4.78, 5) is 2.18. The van der Waals surface area contributed by atoms with Crippen LogP contribution in [0.3, 0.4) is 0 Å². The minimum Gasteiger partial charge on any atom is -0.309 e. The molecule has 0 aromatic heterocycles. The highest BCUT2D eigenvalue weighted by Gasteiger charge is 2.01. The second-order valence-electron chi connectivity index (χ2n) is 5.10. The Morgan fingerprint density at radius 1 is 0.895 bits per heavy atom.